The number of rotatable bonds is 3. The molecule has 0 aliphatic rings. The largest absolute Gasteiger partial charge is 0.293 e. The van der Waals surface area contributed by atoms with Crippen LogP contribution in [0, 0.1) is 30.4 Å². The molecule has 0 amide bonds. The van der Waals surface area contributed by atoms with Gasteiger partial charge in [0.25, 0.3) is 0 Å². The Bertz CT molecular complexity index is 1090. The molecule has 0 unspecified atom stereocenters. The highest BCUT2D eigenvalue weighted by atomic mass is 35.5. The predicted molar refractivity (Wildman–Crippen MR) is 103 cm³/mol. The maximum Gasteiger partial charge on any atom is 0.150 e. The first-order valence-corrected chi connectivity index (χ1v) is 8.65. The van der Waals surface area contributed by atoms with Crippen molar-refractivity contribution in [1.82, 2.24) is 14.5 Å². The number of hydrogen-bond acceptors (Lipinski definition) is 2. The minimum atomic E-state index is -0.680. The number of aromatic nitrogens is 3. The average Bonchev–Trinajstić information content (AvgIpc) is 2.96. The Morgan fingerprint density at radius 3 is 2.67 bits per heavy atom. The molecule has 3 nitrogen and oxygen atoms in total. The number of allylic oxidation sites excluding steroid dienone is 1. The van der Waals surface area contributed by atoms with Crippen LogP contribution in [0.3, 0.4) is 0 Å². The third-order valence-electron chi connectivity index (χ3n) is 4.05. The molecule has 2 heterocycles. The molecule has 6 heteroatoms. The van der Waals surface area contributed by atoms with Crippen molar-refractivity contribution in [2.75, 3.05) is 0 Å². The summed E-state index contributed by atoms with van der Waals surface area (Å²) in [6, 6.07) is 6.81. The van der Waals surface area contributed by atoms with Crippen LogP contribution in [0.4, 0.5) is 8.78 Å². The second-order valence-corrected chi connectivity index (χ2v) is 6.26. The first kappa shape index (κ1) is 18.8. The van der Waals surface area contributed by atoms with Gasteiger partial charge in [-0.3, -0.25) is 4.57 Å². The molecular weight excluding hydrogens is 368 g/mol. The summed E-state index contributed by atoms with van der Waals surface area (Å²) in [5.41, 5.74) is 2.73. The average molecular weight is 384 g/mol. The first-order chi connectivity index (χ1) is 12.9. The van der Waals surface area contributed by atoms with Crippen molar-refractivity contribution in [1.29, 1.82) is 0 Å². The van der Waals surface area contributed by atoms with Crippen molar-refractivity contribution >= 4 is 17.2 Å². The predicted octanol–water partition coefficient (Wildman–Crippen LogP) is 5.33. The number of imidazole rings is 1. The number of nitrogens with zero attached hydrogens (tertiary/aromatic N) is 3. The highest BCUT2D eigenvalue weighted by molar-refractivity contribution is 6.29. The Morgan fingerprint density at radius 1 is 1.22 bits per heavy atom. The second-order valence-electron chi connectivity index (χ2n) is 5.87. The van der Waals surface area contributed by atoms with E-state index in [1.54, 1.807) is 29.8 Å². The Hall–Kier alpha value is -2.97. The van der Waals surface area contributed by atoms with E-state index in [1.807, 2.05) is 6.92 Å². The van der Waals surface area contributed by atoms with Crippen LogP contribution in [0.1, 0.15) is 36.1 Å². The molecule has 0 spiro atoms. The second kappa shape index (κ2) is 7.73. The van der Waals surface area contributed by atoms with Gasteiger partial charge in [0.05, 0.1) is 11.4 Å². The summed E-state index contributed by atoms with van der Waals surface area (Å²) >= 11 is 5.88. The standard InChI is InChI=1S/C21H16ClF2N3/c1-4-13(2)21-26-18(7-5-15-9-10-25-20(22)11-15)14(3)27(21)19-8-6-16(23)12-17(19)24/h6,8-12H,2,4H2,1,3H3. The maximum absolute atomic E-state index is 14.4. The van der Waals surface area contributed by atoms with Crippen LogP contribution in [0.15, 0.2) is 43.1 Å². The molecule has 0 aliphatic carbocycles. The zero-order chi connectivity index (χ0) is 19.6. The Labute approximate surface area is 161 Å². The minimum absolute atomic E-state index is 0.200. The molecule has 3 rings (SSSR count). The van der Waals surface area contributed by atoms with Gasteiger partial charge in [0.1, 0.15) is 28.3 Å². The SMILES string of the molecule is C=C(CC)c1nc(C#Cc2ccnc(Cl)c2)c(C)n1-c1ccc(F)cc1F. The van der Waals surface area contributed by atoms with Crippen LogP contribution in [-0.2, 0) is 0 Å². The van der Waals surface area contributed by atoms with E-state index in [0.29, 0.717) is 34.3 Å². The van der Waals surface area contributed by atoms with Gasteiger partial charge in [-0.05, 0) is 49.1 Å². The summed E-state index contributed by atoms with van der Waals surface area (Å²) < 4.78 is 29.3. The lowest BCUT2D eigenvalue weighted by Gasteiger charge is -2.12. The molecule has 27 heavy (non-hydrogen) atoms. The number of hydrogen-bond donors (Lipinski definition) is 0. The molecule has 2 aromatic heterocycles. The fraction of sp³-hybridized carbons (Fsp3) is 0.143. The summed E-state index contributed by atoms with van der Waals surface area (Å²) in [4.78, 5) is 8.45. The van der Waals surface area contributed by atoms with Gasteiger partial charge >= 0.3 is 0 Å². The van der Waals surface area contributed by atoms with Crippen molar-refractivity contribution in [2.24, 2.45) is 0 Å². The highest BCUT2D eigenvalue weighted by Crippen LogP contribution is 2.26. The quantitative estimate of drug-likeness (QED) is 0.452. The smallest absolute Gasteiger partial charge is 0.150 e. The van der Waals surface area contributed by atoms with Gasteiger partial charge in [0.15, 0.2) is 0 Å². The van der Waals surface area contributed by atoms with Crippen LogP contribution in [0.25, 0.3) is 11.3 Å². The van der Waals surface area contributed by atoms with Gasteiger partial charge in [-0.25, -0.2) is 18.7 Å². The summed E-state index contributed by atoms with van der Waals surface area (Å²) in [7, 11) is 0. The lowest BCUT2D eigenvalue weighted by atomic mass is 10.2. The van der Waals surface area contributed by atoms with Crippen molar-refractivity contribution in [3.8, 4) is 17.5 Å². The maximum atomic E-state index is 14.4. The van der Waals surface area contributed by atoms with Gasteiger partial charge in [-0.1, -0.05) is 31.0 Å². The summed E-state index contributed by atoms with van der Waals surface area (Å²) in [6.07, 6.45) is 2.20. The molecule has 1 aromatic carbocycles. The molecule has 0 bridgehead atoms. The van der Waals surface area contributed by atoms with E-state index in [2.05, 4.69) is 28.4 Å². The molecule has 0 atom stereocenters. The molecule has 0 aliphatic heterocycles. The van der Waals surface area contributed by atoms with Crippen LogP contribution in [0.5, 0.6) is 0 Å². The molecule has 3 aromatic rings. The van der Waals surface area contributed by atoms with E-state index in [4.69, 9.17) is 11.6 Å². The van der Waals surface area contributed by atoms with Crippen LogP contribution in [0.2, 0.25) is 5.15 Å². The first-order valence-electron chi connectivity index (χ1n) is 8.27. The van der Waals surface area contributed by atoms with Crippen LogP contribution >= 0.6 is 11.6 Å². The molecular formula is C21H16ClF2N3. The van der Waals surface area contributed by atoms with E-state index in [9.17, 15) is 8.78 Å². The van der Waals surface area contributed by atoms with Gasteiger partial charge in [-0.2, -0.15) is 0 Å². The fourth-order valence-electron chi connectivity index (χ4n) is 2.58. The molecule has 0 saturated carbocycles. The number of halogens is 3. The van der Waals surface area contributed by atoms with Crippen molar-refractivity contribution in [3.05, 3.63) is 82.7 Å². The van der Waals surface area contributed by atoms with Crippen molar-refractivity contribution < 1.29 is 8.78 Å². The van der Waals surface area contributed by atoms with Gasteiger partial charge in [0.2, 0.25) is 0 Å². The Kier molecular flexibility index (Phi) is 5.38. The molecule has 136 valence electrons. The van der Waals surface area contributed by atoms with E-state index in [1.165, 1.54) is 12.1 Å². The van der Waals surface area contributed by atoms with E-state index >= 15 is 0 Å². The third-order valence-corrected chi connectivity index (χ3v) is 4.26. The molecule has 0 saturated heterocycles. The third kappa shape index (κ3) is 3.91. The van der Waals surface area contributed by atoms with E-state index < -0.39 is 11.6 Å². The summed E-state index contributed by atoms with van der Waals surface area (Å²) in [5, 5.41) is 0.345. The van der Waals surface area contributed by atoms with Gasteiger partial charge < -0.3 is 0 Å². The van der Waals surface area contributed by atoms with E-state index in [-0.39, 0.29) is 5.69 Å². The zero-order valence-corrected chi connectivity index (χ0v) is 15.6. The number of pyridine rings is 1. The topological polar surface area (TPSA) is 30.7 Å². The van der Waals surface area contributed by atoms with Gasteiger partial charge in [-0.15, -0.1) is 0 Å². The Morgan fingerprint density at radius 2 is 2.00 bits per heavy atom. The monoisotopic (exact) mass is 383 g/mol. The molecule has 0 N–H and O–H groups in total. The Balaban J connectivity index is 2.15. The summed E-state index contributed by atoms with van der Waals surface area (Å²) in [5.74, 6) is 5.15. The lowest BCUT2D eigenvalue weighted by molar-refractivity contribution is 0.576. The molecule has 0 fully saturated rings. The van der Waals surface area contributed by atoms with E-state index in [0.717, 1.165) is 11.6 Å². The van der Waals surface area contributed by atoms with Gasteiger partial charge in [0, 0.05) is 17.8 Å². The van der Waals surface area contributed by atoms with Crippen LogP contribution < -0.4 is 0 Å². The van der Waals surface area contributed by atoms with Crippen molar-refractivity contribution in [3.63, 3.8) is 0 Å². The fourth-order valence-corrected chi connectivity index (χ4v) is 2.76. The lowest BCUT2D eigenvalue weighted by Crippen LogP contribution is -2.05. The summed E-state index contributed by atoms with van der Waals surface area (Å²) in [6.45, 7) is 7.72. The minimum Gasteiger partial charge on any atom is -0.293 e. The number of benzene rings is 1. The normalized spacial score (nSPS) is 10.4. The highest BCUT2D eigenvalue weighted by Gasteiger charge is 2.18. The van der Waals surface area contributed by atoms with Crippen molar-refractivity contribution in [2.45, 2.75) is 20.3 Å². The zero-order valence-electron chi connectivity index (χ0n) is 14.9. The molecule has 0 radical (unpaired) electrons. The van der Waals surface area contributed by atoms with Crippen LogP contribution in [-0.4, -0.2) is 14.5 Å².